The number of hydrogen-bond donors (Lipinski definition) is 3. The molecule has 0 aromatic carbocycles. The van der Waals surface area contributed by atoms with Crippen molar-refractivity contribution in [3.8, 4) is 6.01 Å². The molecule has 1 aromatic heterocycles. The van der Waals surface area contributed by atoms with E-state index in [1.165, 1.54) is 0 Å². The van der Waals surface area contributed by atoms with Gasteiger partial charge in [0, 0.05) is 19.2 Å². The van der Waals surface area contributed by atoms with Crippen molar-refractivity contribution in [2.24, 2.45) is 5.84 Å². The predicted octanol–water partition coefficient (Wildman–Crippen LogP) is 0.687. The molecule has 1 atom stereocenters. The Bertz CT molecular complexity index is 445. The van der Waals surface area contributed by atoms with E-state index in [0.717, 1.165) is 38.6 Å². The number of ether oxygens (including phenoxy) is 1. The Hall–Kier alpha value is -1.67. The fourth-order valence-corrected chi connectivity index (χ4v) is 2.52. The summed E-state index contributed by atoms with van der Waals surface area (Å²) in [6.45, 7) is 3.69. The highest BCUT2D eigenvalue weighted by Crippen LogP contribution is 2.26. The minimum absolute atomic E-state index is 0.210. The van der Waals surface area contributed by atoms with Crippen molar-refractivity contribution in [2.45, 2.75) is 45.1 Å². The lowest BCUT2D eigenvalue weighted by molar-refractivity contribution is 0.279. The Morgan fingerprint density at radius 1 is 1.43 bits per heavy atom. The van der Waals surface area contributed by atoms with Crippen molar-refractivity contribution >= 4 is 11.9 Å². The van der Waals surface area contributed by atoms with Crippen molar-refractivity contribution in [3.05, 3.63) is 0 Å². The molecular weight excluding hydrogens is 272 g/mol. The van der Waals surface area contributed by atoms with E-state index in [0.29, 0.717) is 30.6 Å². The zero-order chi connectivity index (χ0) is 15.1. The number of hydrogen-bond acceptors (Lipinski definition) is 8. The summed E-state index contributed by atoms with van der Waals surface area (Å²) in [7, 11) is 0. The molecule has 8 nitrogen and oxygen atoms in total. The van der Waals surface area contributed by atoms with Gasteiger partial charge in [-0.25, -0.2) is 5.84 Å². The van der Waals surface area contributed by atoms with Crippen molar-refractivity contribution in [1.29, 1.82) is 0 Å². The first-order chi connectivity index (χ1) is 10.3. The van der Waals surface area contributed by atoms with Gasteiger partial charge in [-0.05, 0) is 32.1 Å². The molecule has 1 fully saturated rings. The van der Waals surface area contributed by atoms with Crippen molar-refractivity contribution in [3.63, 3.8) is 0 Å². The summed E-state index contributed by atoms with van der Waals surface area (Å²) >= 11 is 0. The maximum absolute atomic E-state index is 9.00. The third-order valence-electron chi connectivity index (χ3n) is 3.50. The first-order valence-corrected chi connectivity index (χ1v) is 7.51. The highest BCUT2D eigenvalue weighted by molar-refractivity contribution is 5.39. The Morgan fingerprint density at radius 2 is 2.29 bits per heavy atom. The average molecular weight is 296 g/mol. The van der Waals surface area contributed by atoms with Crippen LogP contribution in [-0.4, -0.2) is 45.9 Å². The van der Waals surface area contributed by atoms with Crippen LogP contribution in [0.1, 0.15) is 39.0 Å². The molecule has 4 N–H and O–H groups in total. The quantitative estimate of drug-likeness (QED) is 0.475. The summed E-state index contributed by atoms with van der Waals surface area (Å²) in [4.78, 5) is 15.0. The molecule has 21 heavy (non-hydrogen) atoms. The molecule has 0 bridgehead atoms. The second-order valence-corrected chi connectivity index (χ2v) is 5.09. The van der Waals surface area contributed by atoms with E-state index in [4.69, 9.17) is 15.7 Å². The van der Waals surface area contributed by atoms with Gasteiger partial charge in [0.1, 0.15) is 0 Å². The van der Waals surface area contributed by atoms with Crippen molar-refractivity contribution in [1.82, 2.24) is 15.0 Å². The number of nitrogens with zero attached hydrogens (tertiary/aromatic N) is 4. The van der Waals surface area contributed by atoms with Gasteiger partial charge in [-0.1, -0.05) is 6.92 Å². The second kappa shape index (κ2) is 7.94. The van der Waals surface area contributed by atoms with Crippen LogP contribution in [-0.2, 0) is 0 Å². The summed E-state index contributed by atoms with van der Waals surface area (Å²) < 4.78 is 5.49. The second-order valence-electron chi connectivity index (χ2n) is 5.09. The zero-order valence-electron chi connectivity index (χ0n) is 12.5. The SMILES string of the molecule is CCCOc1nc(NN)nc(N2CCCC2CCCO)n1. The number of nitrogens with two attached hydrogens (primary N) is 1. The molecule has 2 heterocycles. The molecular formula is C13H24N6O2. The fraction of sp³-hybridized carbons (Fsp3) is 0.769. The number of rotatable bonds is 8. The van der Waals surface area contributed by atoms with E-state index >= 15 is 0 Å². The van der Waals surface area contributed by atoms with Gasteiger partial charge in [0.2, 0.25) is 11.9 Å². The maximum Gasteiger partial charge on any atom is 0.323 e. The molecule has 2 rings (SSSR count). The first-order valence-electron chi connectivity index (χ1n) is 7.51. The molecule has 118 valence electrons. The Labute approximate surface area is 124 Å². The van der Waals surface area contributed by atoms with Crippen LogP contribution in [0.5, 0.6) is 6.01 Å². The monoisotopic (exact) mass is 296 g/mol. The molecule has 1 unspecified atom stereocenters. The van der Waals surface area contributed by atoms with E-state index in [-0.39, 0.29) is 6.61 Å². The van der Waals surface area contributed by atoms with Gasteiger partial charge in [-0.3, -0.25) is 5.43 Å². The predicted molar refractivity (Wildman–Crippen MR) is 80.1 cm³/mol. The number of aliphatic hydroxyl groups is 1. The molecule has 0 amide bonds. The van der Waals surface area contributed by atoms with Crippen molar-refractivity contribution in [2.75, 3.05) is 30.1 Å². The number of aliphatic hydroxyl groups excluding tert-OH is 1. The molecule has 1 aliphatic rings. The molecule has 8 heteroatoms. The van der Waals surface area contributed by atoms with Gasteiger partial charge in [0.05, 0.1) is 6.61 Å². The Morgan fingerprint density at radius 3 is 3.00 bits per heavy atom. The fourth-order valence-electron chi connectivity index (χ4n) is 2.52. The number of nitrogens with one attached hydrogen (secondary N) is 1. The van der Waals surface area contributed by atoms with Crippen LogP contribution in [0, 0.1) is 0 Å². The lowest BCUT2D eigenvalue weighted by Gasteiger charge is -2.24. The van der Waals surface area contributed by atoms with Gasteiger partial charge in [-0.15, -0.1) is 0 Å². The Kier molecular flexibility index (Phi) is 5.94. The maximum atomic E-state index is 9.00. The van der Waals surface area contributed by atoms with Crippen LogP contribution in [0.2, 0.25) is 0 Å². The molecule has 0 aliphatic carbocycles. The van der Waals surface area contributed by atoms with Crippen LogP contribution in [0.4, 0.5) is 11.9 Å². The third kappa shape index (κ3) is 4.15. The van der Waals surface area contributed by atoms with Crippen LogP contribution >= 0.6 is 0 Å². The smallest absolute Gasteiger partial charge is 0.323 e. The number of hydrazine groups is 1. The molecule has 1 saturated heterocycles. The summed E-state index contributed by atoms with van der Waals surface area (Å²) in [5, 5.41) is 9.00. The van der Waals surface area contributed by atoms with E-state index in [1.807, 2.05) is 6.92 Å². The topological polar surface area (TPSA) is 109 Å². The standard InChI is InChI=1S/C13H24N6O2/c1-2-9-21-13-16-11(18-14)15-12(17-13)19-7-3-5-10(19)6-4-8-20/h10,20H,2-9,14H2,1H3,(H,15,16,17,18). The van der Waals surface area contributed by atoms with E-state index < -0.39 is 0 Å². The average Bonchev–Trinajstić information content (AvgIpc) is 2.99. The molecule has 0 spiro atoms. The lowest BCUT2D eigenvalue weighted by atomic mass is 10.1. The summed E-state index contributed by atoms with van der Waals surface area (Å²) in [6.07, 6.45) is 4.78. The van der Waals surface area contributed by atoms with Gasteiger partial charge in [0.15, 0.2) is 0 Å². The minimum Gasteiger partial charge on any atom is -0.463 e. The van der Waals surface area contributed by atoms with Crippen LogP contribution in [0.15, 0.2) is 0 Å². The van der Waals surface area contributed by atoms with E-state index in [1.54, 1.807) is 0 Å². The first kappa shape index (κ1) is 15.7. The van der Waals surface area contributed by atoms with Crippen LogP contribution in [0.3, 0.4) is 0 Å². The zero-order valence-corrected chi connectivity index (χ0v) is 12.5. The van der Waals surface area contributed by atoms with Gasteiger partial charge >= 0.3 is 6.01 Å². The van der Waals surface area contributed by atoms with E-state index in [9.17, 15) is 0 Å². The molecule has 0 saturated carbocycles. The van der Waals surface area contributed by atoms with Gasteiger partial charge in [-0.2, -0.15) is 15.0 Å². The molecule has 1 aliphatic heterocycles. The number of nitrogen functional groups attached to an aromatic ring is 1. The summed E-state index contributed by atoms with van der Waals surface area (Å²) in [5.74, 6) is 6.31. The summed E-state index contributed by atoms with van der Waals surface area (Å²) in [6, 6.07) is 0.645. The highest BCUT2D eigenvalue weighted by atomic mass is 16.5. The van der Waals surface area contributed by atoms with Gasteiger partial charge < -0.3 is 14.7 Å². The van der Waals surface area contributed by atoms with Crippen LogP contribution in [0.25, 0.3) is 0 Å². The number of aromatic nitrogens is 3. The Balaban J connectivity index is 2.16. The van der Waals surface area contributed by atoms with Crippen molar-refractivity contribution < 1.29 is 9.84 Å². The number of anilines is 2. The minimum atomic E-state index is 0.210. The molecule has 0 radical (unpaired) electrons. The van der Waals surface area contributed by atoms with Crippen LogP contribution < -0.4 is 20.9 Å². The largest absolute Gasteiger partial charge is 0.463 e. The normalized spacial score (nSPS) is 18.0. The third-order valence-corrected chi connectivity index (χ3v) is 3.50. The molecule has 1 aromatic rings. The summed E-state index contributed by atoms with van der Waals surface area (Å²) in [5.41, 5.74) is 2.46. The highest BCUT2D eigenvalue weighted by Gasteiger charge is 2.27. The van der Waals surface area contributed by atoms with E-state index in [2.05, 4.69) is 25.3 Å². The lowest BCUT2D eigenvalue weighted by Crippen LogP contribution is -2.31. The van der Waals surface area contributed by atoms with Gasteiger partial charge in [0.25, 0.3) is 0 Å².